The van der Waals surface area contributed by atoms with Gasteiger partial charge in [0.25, 0.3) is 5.91 Å². The van der Waals surface area contributed by atoms with Crippen molar-refractivity contribution in [2.24, 2.45) is 0 Å². The van der Waals surface area contributed by atoms with Crippen molar-refractivity contribution in [3.05, 3.63) is 64.6 Å². The summed E-state index contributed by atoms with van der Waals surface area (Å²) in [5.41, 5.74) is 0.783. The van der Waals surface area contributed by atoms with Gasteiger partial charge in [-0.25, -0.2) is 0 Å². The molecule has 3 rings (SSSR count). The molecule has 1 N–H and O–H groups in total. The van der Waals surface area contributed by atoms with E-state index < -0.39 is 12.1 Å². The third-order valence-corrected chi connectivity index (χ3v) is 3.82. The Morgan fingerprint density at radius 3 is 2.59 bits per heavy atom. The maximum absolute atomic E-state index is 12.1. The zero-order valence-electron chi connectivity index (χ0n) is 11.8. The highest BCUT2D eigenvalue weighted by atomic mass is 32.1. The number of carbonyl (C=O) groups excluding carboxylic acids is 1. The molecule has 0 aliphatic carbocycles. The van der Waals surface area contributed by atoms with Gasteiger partial charge in [0.1, 0.15) is 23.2 Å². The van der Waals surface area contributed by atoms with Crippen LogP contribution in [0.4, 0.5) is 5.69 Å². The quantitative estimate of drug-likeness (QED) is 0.837. The van der Waals surface area contributed by atoms with E-state index in [-0.39, 0.29) is 5.57 Å². The smallest absolute Gasteiger partial charge is 0.266 e. The Morgan fingerprint density at radius 2 is 2.00 bits per heavy atom. The van der Waals surface area contributed by atoms with Gasteiger partial charge in [0.05, 0.1) is 5.03 Å². The molecule has 0 spiro atoms. The number of anilines is 1. The Hall–Kier alpha value is -2.65. The van der Waals surface area contributed by atoms with E-state index in [9.17, 15) is 10.1 Å². The van der Waals surface area contributed by atoms with Gasteiger partial charge in [-0.3, -0.25) is 4.79 Å². The standard InChI is InChI=1S/C16H13N3O2S/c1-10-7-8-13(21-10)14-18-15(20)12(9-17)16(22)19(14)11-5-3-2-4-6-11/h2-8,14,22H,1H3,(H,18,20). The lowest BCUT2D eigenvalue weighted by atomic mass is 10.1. The Bertz CT molecular complexity index is 789. The predicted molar refractivity (Wildman–Crippen MR) is 84.9 cm³/mol. The molecule has 2 aromatic rings. The summed E-state index contributed by atoms with van der Waals surface area (Å²) in [5.74, 6) is 0.866. The Labute approximate surface area is 133 Å². The van der Waals surface area contributed by atoms with Crippen molar-refractivity contribution >= 4 is 24.2 Å². The summed E-state index contributed by atoms with van der Waals surface area (Å²) in [5, 5.41) is 12.3. The Balaban J connectivity index is 2.15. The van der Waals surface area contributed by atoms with E-state index in [1.165, 1.54) is 0 Å². The maximum atomic E-state index is 12.1. The second-order valence-corrected chi connectivity index (χ2v) is 5.26. The van der Waals surface area contributed by atoms with Crippen LogP contribution < -0.4 is 10.2 Å². The lowest BCUT2D eigenvalue weighted by molar-refractivity contribution is -0.118. The first kappa shape index (κ1) is 14.3. The normalized spacial score (nSPS) is 18.1. The second kappa shape index (κ2) is 5.62. The fourth-order valence-corrected chi connectivity index (χ4v) is 2.75. The lowest BCUT2D eigenvalue weighted by Crippen LogP contribution is -2.45. The van der Waals surface area contributed by atoms with Crippen LogP contribution in [-0.4, -0.2) is 5.91 Å². The van der Waals surface area contributed by atoms with Gasteiger partial charge in [-0.1, -0.05) is 18.2 Å². The van der Waals surface area contributed by atoms with Crippen LogP contribution >= 0.6 is 12.6 Å². The average molecular weight is 311 g/mol. The van der Waals surface area contributed by atoms with Gasteiger partial charge in [0, 0.05) is 5.69 Å². The van der Waals surface area contributed by atoms with Crippen LogP contribution in [0.25, 0.3) is 0 Å². The number of amides is 1. The number of benzene rings is 1. The lowest BCUT2D eigenvalue weighted by Gasteiger charge is -2.36. The minimum absolute atomic E-state index is 0.0216. The summed E-state index contributed by atoms with van der Waals surface area (Å²) in [6.07, 6.45) is -0.548. The molecule has 1 aromatic heterocycles. The van der Waals surface area contributed by atoms with E-state index in [4.69, 9.17) is 4.42 Å². The summed E-state index contributed by atoms with van der Waals surface area (Å²) in [4.78, 5) is 13.9. The first-order valence-corrected chi connectivity index (χ1v) is 7.11. The zero-order valence-corrected chi connectivity index (χ0v) is 12.7. The minimum atomic E-state index is -0.548. The molecule has 5 nitrogen and oxygen atoms in total. The monoisotopic (exact) mass is 311 g/mol. The van der Waals surface area contributed by atoms with E-state index in [2.05, 4.69) is 17.9 Å². The van der Waals surface area contributed by atoms with Crippen LogP contribution in [0.5, 0.6) is 0 Å². The van der Waals surface area contributed by atoms with Crippen LogP contribution in [0.2, 0.25) is 0 Å². The summed E-state index contributed by atoms with van der Waals surface area (Å²) in [6, 6.07) is 14.9. The molecule has 0 saturated heterocycles. The number of thiol groups is 1. The molecule has 1 aliphatic rings. The topological polar surface area (TPSA) is 69.3 Å². The minimum Gasteiger partial charge on any atom is -0.462 e. The molecule has 0 fully saturated rings. The van der Waals surface area contributed by atoms with Crippen molar-refractivity contribution in [1.29, 1.82) is 5.26 Å². The molecular weight excluding hydrogens is 298 g/mol. The van der Waals surface area contributed by atoms with Gasteiger partial charge in [0.15, 0.2) is 6.17 Å². The maximum Gasteiger partial charge on any atom is 0.266 e. The van der Waals surface area contributed by atoms with Gasteiger partial charge in [-0.2, -0.15) is 5.26 Å². The molecular formula is C16H13N3O2S. The molecule has 1 aromatic carbocycles. The Morgan fingerprint density at radius 1 is 1.27 bits per heavy atom. The van der Waals surface area contributed by atoms with Crippen molar-refractivity contribution in [2.45, 2.75) is 13.1 Å². The number of rotatable bonds is 2. The van der Waals surface area contributed by atoms with E-state index in [1.807, 2.05) is 49.4 Å². The van der Waals surface area contributed by atoms with Crippen molar-refractivity contribution in [3.63, 3.8) is 0 Å². The molecule has 0 radical (unpaired) electrons. The van der Waals surface area contributed by atoms with E-state index in [0.717, 1.165) is 11.4 Å². The fourth-order valence-electron chi connectivity index (χ4n) is 2.36. The summed E-state index contributed by atoms with van der Waals surface area (Å²) in [7, 11) is 0. The number of nitrogens with zero attached hydrogens (tertiary/aromatic N) is 2. The SMILES string of the molecule is Cc1ccc(C2NC(=O)C(C#N)=C(S)N2c2ccccc2)o1. The Kier molecular flexibility index (Phi) is 3.65. The molecule has 22 heavy (non-hydrogen) atoms. The first-order valence-electron chi connectivity index (χ1n) is 6.66. The van der Waals surface area contributed by atoms with Crippen molar-refractivity contribution < 1.29 is 9.21 Å². The number of aryl methyl sites for hydroxylation is 1. The van der Waals surface area contributed by atoms with E-state index >= 15 is 0 Å². The number of para-hydroxylation sites is 1. The number of nitriles is 1. The fraction of sp³-hybridized carbons (Fsp3) is 0.125. The summed E-state index contributed by atoms with van der Waals surface area (Å²) < 4.78 is 5.64. The van der Waals surface area contributed by atoms with Crippen molar-refractivity contribution in [2.75, 3.05) is 4.90 Å². The van der Waals surface area contributed by atoms with Crippen LogP contribution in [0, 0.1) is 18.3 Å². The average Bonchev–Trinajstić information content (AvgIpc) is 2.94. The van der Waals surface area contributed by atoms with Gasteiger partial charge < -0.3 is 14.6 Å². The highest BCUT2D eigenvalue weighted by Crippen LogP contribution is 2.35. The van der Waals surface area contributed by atoms with Crippen LogP contribution in [-0.2, 0) is 4.79 Å². The van der Waals surface area contributed by atoms with Crippen molar-refractivity contribution in [3.8, 4) is 6.07 Å². The van der Waals surface area contributed by atoms with Gasteiger partial charge >= 0.3 is 0 Å². The van der Waals surface area contributed by atoms with Crippen LogP contribution in [0.15, 0.2) is 57.5 Å². The third kappa shape index (κ3) is 2.36. The highest BCUT2D eigenvalue weighted by Gasteiger charge is 2.35. The molecule has 1 aliphatic heterocycles. The number of hydrogen-bond acceptors (Lipinski definition) is 5. The zero-order chi connectivity index (χ0) is 15.7. The summed E-state index contributed by atoms with van der Waals surface area (Å²) in [6.45, 7) is 1.83. The largest absolute Gasteiger partial charge is 0.462 e. The first-order chi connectivity index (χ1) is 10.6. The molecule has 1 atom stereocenters. The van der Waals surface area contributed by atoms with Gasteiger partial charge in [-0.15, -0.1) is 12.6 Å². The summed E-state index contributed by atoms with van der Waals surface area (Å²) >= 11 is 4.40. The highest BCUT2D eigenvalue weighted by molar-refractivity contribution is 7.84. The van der Waals surface area contributed by atoms with E-state index in [1.54, 1.807) is 11.0 Å². The number of nitrogens with one attached hydrogen (secondary N) is 1. The molecule has 0 bridgehead atoms. The molecule has 1 unspecified atom stereocenters. The predicted octanol–water partition coefficient (Wildman–Crippen LogP) is 2.89. The van der Waals surface area contributed by atoms with Gasteiger partial charge in [-0.05, 0) is 31.2 Å². The van der Waals surface area contributed by atoms with Crippen molar-refractivity contribution in [1.82, 2.24) is 5.32 Å². The number of carbonyl (C=O) groups is 1. The van der Waals surface area contributed by atoms with E-state index in [0.29, 0.717) is 10.8 Å². The molecule has 1 amide bonds. The molecule has 0 saturated carbocycles. The molecule has 2 heterocycles. The number of hydrogen-bond donors (Lipinski definition) is 2. The van der Waals surface area contributed by atoms with Crippen LogP contribution in [0.1, 0.15) is 17.7 Å². The second-order valence-electron chi connectivity index (χ2n) is 4.84. The van der Waals surface area contributed by atoms with Crippen LogP contribution in [0.3, 0.4) is 0 Å². The number of furan rings is 1. The third-order valence-electron chi connectivity index (χ3n) is 3.38. The van der Waals surface area contributed by atoms with Gasteiger partial charge in [0.2, 0.25) is 0 Å². The molecule has 6 heteroatoms. The molecule has 110 valence electrons.